The van der Waals surface area contributed by atoms with Crippen molar-refractivity contribution in [2.45, 2.75) is 13.0 Å². The molecule has 6 rings (SSSR count). The van der Waals surface area contributed by atoms with Crippen molar-refractivity contribution >= 4 is 28.4 Å². The Morgan fingerprint density at radius 1 is 0.805 bits per heavy atom. The largest absolute Gasteiger partial charge is 0.504 e. The number of hydrogen-bond donors (Lipinski definition) is 3. The Balaban J connectivity index is 1.10. The van der Waals surface area contributed by atoms with Crippen molar-refractivity contribution in [1.29, 1.82) is 0 Å². The van der Waals surface area contributed by atoms with E-state index in [9.17, 15) is 15.0 Å². The van der Waals surface area contributed by atoms with Gasteiger partial charge in [0.05, 0.1) is 23.7 Å². The Morgan fingerprint density at radius 2 is 1.61 bits per heavy atom. The minimum absolute atomic E-state index is 0.0842. The molecular weight excluding hydrogens is 516 g/mol. The Bertz CT molecular complexity index is 1670. The summed E-state index contributed by atoms with van der Waals surface area (Å²) >= 11 is 0. The molecule has 1 saturated heterocycles. The number of aromatic nitrogens is 3. The van der Waals surface area contributed by atoms with Crippen LogP contribution in [0, 0.1) is 0 Å². The van der Waals surface area contributed by atoms with Gasteiger partial charge in [-0.3, -0.25) is 19.7 Å². The van der Waals surface area contributed by atoms with Gasteiger partial charge in [0, 0.05) is 50.8 Å². The third-order valence-corrected chi connectivity index (χ3v) is 7.26. The quantitative estimate of drug-likeness (QED) is 0.254. The lowest BCUT2D eigenvalue weighted by molar-refractivity contribution is -0.115. The van der Waals surface area contributed by atoms with Crippen LogP contribution in [-0.4, -0.2) is 62.2 Å². The van der Waals surface area contributed by atoms with Crippen LogP contribution in [0.25, 0.3) is 22.2 Å². The number of anilines is 2. The molecule has 0 bridgehead atoms. The van der Waals surface area contributed by atoms with E-state index in [4.69, 9.17) is 4.98 Å². The minimum Gasteiger partial charge on any atom is -0.504 e. The second-order valence-corrected chi connectivity index (χ2v) is 10.2. The van der Waals surface area contributed by atoms with Crippen LogP contribution in [0.15, 0.2) is 91.4 Å². The molecule has 1 amide bonds. The summed E-state index contributed by atoms with van der Waals surface area (Å²) in [5, 5.41) is 22.0. The number of hydrogen-bond acceptors (Lipinski definition) is 8. The zero-order valence-corrected chi connectivity index (χ0v) is 22.4. The smallest absolute Gasteiger partial charge is 0.228 e. The molecule has 1 aliphatic rings. The van der Waals surface area contributed by atoms with Crippen molar-refractivity contribution in [3.05, 3.63) is 103 Å². The fraction of sp³-hybridized carbons (Fsp3) is 0.188. The lowest BCUT2D eigenvalue weighted by Gasteiger charge is -2.35. The Morgan fingerprint density at radius 3 is 2.37 bits per heavy atom. The maximum Gasteiger partial charge on any atom is 0.228 e. The average molecular weight is 547 g/mol. The van der Waals surface area contributed by atoms with Gasteiger partial charge in [-0.25, -0.2) is 4.98 Å². The lowest BCUT2D eigenvalue weighted by atomic mass is 10.0. The maximum absolute atomic E-state index is 12.5. The highest BCUT2D eigenvalue weighted by molar-refractivity contribution is 5.92. The highest BCUT2D eigenvalue weighted by Gasteiger charge is 2.19. The van der Waals surface area contributed by atoms with Crippen molar-refractivity contribution in [3.63, 3.8) is 0 Å². The predicted octanol–water partition coefficient (Wildman–Crippen LogP) is 4.61. The number of aromatic hydroxyl groups is 2. The summed E-state index contributed by atoms with van der Waals surface area (Å²) in [6, 6.07) is 22.2. The molecule has 5 aromatic rings. The number of piperazine rings is 1. The van der Waals surface area contributed by atoms with Gasteiger partial charge in [0.15, 0.2) is 11.5 Å². The molecule has 0 saturated carbocycles. The summed E-state index contributed by atoms with van der Waals surface area (Å²) in [7, 11) is 0. The first-order chi connectivity index (χ1) is 20.0. The predicted molar refractivity (Wildman–Crippen MR) is 159 cm³/mol. The normalized spacial score (nSPS) is 13.8. The number of amides is 1. The number of carbonyl (C=O) groups is 1. The van der Waals surface area contributed by atoms with Crippen LogP contribution in [0.1, 0.15) is 11.1 Å². The van der Waals surface area contributed by atoms with Crippen LogP contribution >= 0.6 is 0 Å². The summed E-state index contributed by atoms with van der Waals surface area (Å²) < 4.78 is 0. The first-order valence-electron chi connectivity index (χ1n) is 13.5. The maximum atomic E-state index is 12.5. The second kappa shape index (κ2) is 11.6. The van der Waals surface area contributed by atoms with Gasteiger partial charge >= 0.3 is 0 Å². The summed E-state index contributed by atoms with van der Waals surface area (Å²) in [6.07, 6.45) is 5.67. The molecule has 9 nitrogen and oxygen atoms in total. The second-order valence-electron chi connectivity index (χ2n) is 10.2. The summed E-state index contributed by atoms with van der Waals surface area (Å²) in [6.45, 7) is 4.59. The molecule has 0 spiro atoms. The molecule has 0 radical (unpaired) electrons. The van der Waals surface area contributed by atoms with Gasteiger partial charge < -0.3 is 20.4 Å². The number of nitrogens with zero attached hydrogens (tertiary/aromatic N) is 5. The third kappa shape index (κ3) is 6.26. The number of phenolic OH excluding ortho intramolecular Hbond substituents is 2. The van der Waals surface area contributed by atoms with Crippen LogP contribution in [0.3, 0.4) is 0 Å². The first-order valence-corrected chi connectivity index (χ1v) is 13.5. The topological polar surface area (TPSA) is 115 Å². The monoisotopic (exact) mass is 546 g/mol. The molecule has 1 aliphatic heterocycles. The Labute approximate surface area is 237 Å². The molecule has 0 atom stereocenters. The molecule has 3 aromatic carbocycles. The van der Waals surface area contributed by atoms with E-state index in [0.29, 0.717) is 11.3 Å². The molecule has 3 heterocycles. The van der Waals surface area contributed by atoms with E-state index >= 15 is 0 Å². The standard InChI is InChI=1S/C32H30N6O3/c39-29-10-3-22(16-30(29)40)17-32(41)35-26-7-4-24(5-8-26)25-6-9-27-28(18-25)36-31(20-34-27)38-14-12-37(13-15-38)21-23-2-1-11-33-19-23/h1-11,16,18-20,39-40H,12-15,17,21H2,(H,35,41). The van der Waals surface area contributed by atoms with Crippen LogP contribution in [0.2, 0.25) is 0 Å². The molecule has 3 N–H and O–H groups in total. The van der Waals surface area contributed by atoms with Gasteiger partial charge in [0.1, 0.15) is 5.82 Å². The van der Waals surface area contributed by atoms with Gasteiger partial charge in [-0.1, -0.05) is 30.3 Å². The molecule has 2 aromatic heterocycles. The molecule has 1 fully saturated rings. The van der Waals surface area contributed by atoms with E-state index in [1.165, 1.54) is 17.7 Å². The summed E-state index contributed by atoms with van der Waals surface area (Å²) in [5.41, 5.74) is 6.21. The Kier molecular flexibility index (Phi) is 7.42. The minimum atomic E-state index is -0.244. The van der Waals surface area contributed by atoms with E-state index < -0.39 is 0 Å². The van der Waals surface area contributed by atoms with Gasteiger partial charge in [0.25, 0.3) is 0 Å². The number of benzene rings is 3. The van der Waals surface area contributed by atoms with E-state index in [-0.39, 0.29) is 23.8 Å². The van der Waals surface area contributed by atoms with E-state index in [2.05, 4.69) is 37.2 Å². The lowest BCUT2D eigenvalue weighted by Crippen LogP contribution is -2.46. The molecular formula is C32H30N6O3. The fourth-order valence-corrected chi connectivity index (χ4v) is 5.03. The zero-order valence-electron chi connectivity index (χ0n) is 22.4. The highest BCUT2D eigenvalue weighted by Crippen LogP contribution is 2.27. The van der Waals surface area contributed by atoms with Gasteiger partial charge in [-0.2, -0.15) is 0 Å². The molecule has 9 heteroatoms. The summed E-state index contributed by atoms with van der Waals surface area (Å²) in [5.74, 6) is 0.215. The number of rotatable bonds is 7. The third-order valence-electron chi connectivity index (χ3n) is 7.26. The van der Waals surface area contributed by atoms with Gasteiger partial charge in [0.2, 0.25) is 5.91 Å². The van der Waals surface area contributed by atoms with Crippen molar-refractivity contribution in [2.24, 2.45) is 0 Å². The van der Waals surface area contributed by atoms with Crippen molar-refractivity contribution in [3.8, 4) is 22.6 Å². The average Bonchev–Trinajstić information content (AvgIpc) is 3.00. The van der Waals surface area contributed by atoms with Crippen LogP contribution in [0.4, 0.5) is 11.5 Å². The fourth-order valence-electron chi connectivity index (χ4n) is 5.03. The SMILES string of the molecule is O=C(Cc1ccc(O)c(O)c1)Nc1ccc(-c2ccc3ncc(N4CCN(Cc5cccnc5)CC4)nc3c2)cc1. The molecule has 0 aliphatic carbocycles. The van der Waals surface area contributed by atoms with Gasteiger partial charge in [-0.15, -0.1) is 0 Å². The molecule has 41 heavy (non-hydrogen) atoms. The summed E-state index contributed by atoms with van der Waals surface area (Å²) in [4.78, 5) is 31.0. The number of nitrogens with one attached hydrogen (secondary N) is 1. The van der Waals surface area contributed by atoms with Crippen molar-refractivity contribution in [2.75, 3.05) is 36.4 Å². The van der Waals surface area contributed by atoms with E-state index in [0.717, 1.165) is 60.7 Å². The first kappa shape index (κ1) is 26.2. The number of carbonyl (C=O) groups excluding carboxylic acids is 1. The van der Waals surface area contributed by atoms with Crippen molar-refractivity contribution < 1.29 is 15.0 Å². The molecule has 0 unspecified atom stereocenters. The highest BCUT2D eigenvalue weighted by atomic mass is 16.3. The number of fused-ring (bicyclic) bond motifs is 1. The van der Waals surface area contributed by atoms with Crippen molar-refractivity contribution in [1.82, 2.24) is 19.9 Å². The van der Waals surface area contributed by atoms with Crippen LogP contribution in [-0.2, 0) is 17.8 Å². The zero-order chi connectivity index (χ0) is 28.2. The van der Waals surface area contributed by atoms with Crippen LogP contribution < -0.4 is 10.2 Å². The van der Waals surface area contributed by atoms with E-state index in [1.807, 2.05) is 54.9 Å². The Hall–Kier alpha value is -5.02. The number of phenols is 2. The number of pyridine rings is 1. The van der Waals surface area contributed by atoms with Gasteiger partial charge in [-0.05, 0) is 64.7 Å². The molecule has 206 valence electrons. The van der Waals surface area contributed by atoms with Crippen LogP contribution in [0.5, 0.6) is 11.5 Å². The van der Waals surface area contributed by atoms with E-state index in [1.54, 1.807) is 12.3 Å².